The Labute approximate surface area is 96.1 Å². The van der Waals surface area contributed by atoms with Crippen molar-refractivity contribution in [3.05, 3.63) is 0 Å². The highest BCUT2D eigenvalue weighted by Gasteiger charge is 2.59. The fraction of sp³-hybridized carbons (Fsp3) is 0.909. The molecule has 0 aromatic rings. The van der Waals surface area contributed by atoms with Gasteiger partial charge in [-0.2, -0.15) is 5.48 Å². The fourth-order valence-corrected chi connectivity index (χ4v) is 2.27. The van der Waals surface area contributed by atoms with Gasteiger partial charge in [-0.1, -0.05) is 0 Å². The molecule has 0 bridgehead atoms. The maximum absolute atomic E-state index is 11.9. The number of hydroxylamine groups is 1. The van der Waals surface area contributed by atoms with Crippen molar-refractivity contribution in [1.82, 2.24) is 5.48 Å². The van der Waals surface area contributed by atoms with E-state index in [2.05, 4.69) is 5.48 Å². The Morgan fingerprint density at radius 2 is 2.19 bits per heavy atom. The number of hydrogen-bond donors (Lipinski definition) is 2. The number of rotatable bonds is 4. The second kappa shape index (κ2) is 4.69. The van der Waals surface area contributed by atoms with Crippen LogP contribution < -0.4 is 5.48 Å². The van der Waals surface area contributed by atoms with Gasteiger partial charge in [0.25, 0.3) is 0 Å². The summed E-state index contributed by atoms with van der Waals surface area (Å²) in [6, 6.07) is -0.257. The topological polar surface area (TPSA) is 67.8 Å². The minimum Gasteiger partial charge on any atom is -0.465 e. The Kier molecular flexibility index (Phi) is 3.93. The minimum absolute atomic E-state index is 0.257. The second-order valence-electron chi connectivity index (χ2n) is 4.61. The lowest BCUT2D eigenvalue weighted by Gasteiger charge is -2.37. The Hall–Kier alpha value is -0.650. The van der Waals surface area contributed by atoms with Gasteiger partial charge in [-0.25, -0.2) is 0 Å². The lowest BCUT2D eigenvalue weighted by atomic mass is 9.76. The summed E-state index contributed by atoms with van der Waals surface area (Å²) in [5, 5.41) is 10.5. The smallest absolute Gasteiger partial charge is 0.314 e. The van der Waals surface area contributed by atoms with Gasteiger partial charge < -0.3 is 14.7 Å². The molecule has 0 spiro atoms. The monoisotopic (exact) mass is 231 g/mol. The molecule has 0 aliphatic heterocycles. The van der Waals surface area contributed by atoms with E-state index in [1.165, 1.54) is 7.11 Å². The highest BCUT2D eigenvalue weighted by molar-refractivity contribution is 5.78. The van der Waals surface area contributed by atoms with Gasteiger partial charge in [0, 0.05) is 0 Å². The summed E-state index contributed by atoms with van der Waals surface area (Å²) in [6.45, 7) is 5.47. The predicted octanol–water partition coefficient (Wildman–Crippen LogP) is 0.620. The maximum Gasteiger partial charge on any atom is 0.314 e. The molecule has 3 atom stereocenters. The molecule has 2 N–H and O–H groups in total. The van der Waals surface area contributed by atoms with Crippen molar-refractivity contribution in [2.75, 3.05) is 13.7 Å². The average Bonchev–Trinajstić information content (AvgIpc) is 2.44. The standard InChI is InChI=1S/C11H21NO4/c1-5-16-9(13)10(2)7-6-8(12-15-4)11(10,3)14/h8,12,14H,5-7H2,1-4H3/t8-,10+,11+/m1/s1. The Morgan fingerprint density at radius 3 is 2.69 bits per heavy atom. The Morgan fingerprint density at radius 1 is 1.56 bits per heavy atom. The number of carbonyl (C=O) groups is 1. The number of ether oxygens (including phenoxy) is 1. The lowest BCUT2D eigenvalue weighted by Crippen LogP contribution is -2.55. The van der Waals surface area contributed by atoms with E-state index in [0.29, 0.717) is 19.4 Å². The van der Waals surface area contributed by atoms with Gasteiger partial charge in [0.1, 0.15) is 0 Å². The molecular weight excluding hydrogens is 210 g/mol. The number of aliphatic hydroxyl groups is 1. The molecule has 1 aliphatic rings. The van der Waals surface area contributed by atoms with Crippen molar-refractivity contribution in [2.24, 2.45) is 5.41 Å². The molecule has 0 heterocycles. The molecule has 5 heteroatoms. The second-order valence-corrected chi connectivity index (χ2v) is 4.61. The van der Waals surface area contributed by atoms with Crippen LogP contribution in [0.2, 0.25) is 0 Å². The van der Waals surface area contributed by atoms with Gasteiger partial charge in [0.05, 0.1) is 30.8 Å². The van der Waals surface area contributed by atoms with Crippen LogP contribution in [0.15, 0.2) is 0 Å². The van der Waals surface area contributed by atoms with E-state index in [-0.39, 0.29) is 12.0 Å². The van der Waals surface area contributed by atoms with Crippen LogP contribution in [-0.2, 0) is 14.4 Å². The van der Waals surface area contributed by atoms with Crippen molar-refractivity contribution in [3.63, 3.8) is 0 Å². The van der Waals surface area contributed by atoms with E-state index in [9.17, 15) is 9.90 Å². The third-order valence-electron chi connectivity index (χ3n) is 3.71. The third kappa shape index (κ3) is 1.95. The van der Waals surface area contributed by atoms with E-state index < -0.39 is 11.0 Å². The quantitative estimate of drug-likeness (QED) is 0.548. The molecule has 0 aromatic heterocycles. The molecular formula is C11H21NO4. The molecule has 1 saturated carbocycles. The molecule has 94 valence electrons. The van der Waals surface area contributed by atoms with Gasteiger partial charge >= 0.3 is 5.97 Å². The molecule has 1 rings (SSSR count). The van der Waals surface area contributed by atoms with E-state index in [1.54, 1.807) is 20.8 Å². The highest BCUT2D eigenvalue weighted by atomic mass is 16.6. The zero-order chi connectivity index (χ0) is 12.4. The van der Waals surface area contributed by atoms with Crippen LogP contribution in [0, 0.1) is 5.41 Å². The largest absolute Gasteiger partial charge is 0.465 e. The van der Waals surface area contributed by atoms with E-state index in [4.69, 9.17) is 9.57 Å². The van der Waals surface area contributed by atoms with Crippen LogP contribution in [0.25, 0.3) is 0 Å². The number of hydrogen-bond acceptors (Lipinski definition) is 5. The van der Waals surface area contributed by atoms with Crippen molar-refractivity contribution in [2.45, 2.75) is 45.3 Å². The summed E-state index contributed by atoms with van der Waals surface area (Å²) in [7, 11) is 1.50. The highest BCUT2D eigenvalue weighted by Crippen LogP contribution is 2.47. The molecule has 1 fully saturated rings. The maximum atomic E-state index is 11.9. The summed E-state index contributed by atoms with van der Waals surface area (Å²) in [4.78, 5) is 16.7. The number of carbonyl (C=O) groups excluding carboxylic acids is 1. The van der Waals surface area contributed by atoms with Gasteiger partial charge in [-0.3, -0.25) is 4.79 Å². The SMILES string of the molecule is CCOC(=O)[C@]1(C)CC[C@@H](NOC)[C@]1(C)O. The first kappa shape index (κ1) is 13.4. The summed E-state index contributed by atoms with van der Waals surface area (Å²) >= 11 is 0. The van der Waals surface area contributed by atoms with Gasteiger partial charge in [0.15, 0.2) is 0 Å². The van der Waals surface area contributed by atoms with Crippen molar-refractivity contribution in [3.8, 4) is 0 Å². The van der Waals surface area contributed by atoms with Crippen LogP contribution in [-0.4, -0.2) is 36.4 Å². The zero-order valence-electron chi connectivity index (χ0n) is 10.4. The first-order valence-electron chi connectivity index (χ1n) is 5.58. The average molecular weight is 231 g/mol. The lowest BCUT2D eigenvalue weighted by molar-refractivity contribution is -0.171. The molecule has 0 radical (unpaired) electrons. The van der Waals surface area contributed by atoms with E-state index in [1.807, 2.05) is 0 Å². The molecule has 0 saturated heterocycles. The molecule has 1 aliphatic carbocycles. The van der Waals surface area contributed by atoms with Crippen LogP contribution in [0.5, 0.6) is 0 Å². The Balaban J connectivity index is 2.86. The predicted molar refractivity (Wildman–Crippen MR) is 58.5 cm³/mol. The van der Waals surface area contributed by atoms with Crippen molar-refractivity contribution < 1.29 is 19.5 Å². The van der Waals surface area contributed by atoms with Crippen molar-refractivity contribution >= 4 is 5.97 Å². The molecule has 16 heavy (non-hydrogen) atoms. The summed E-state index contributed by atoms with van der Waals surface area (Å²) in [5.41, 5.74) is 0.682. The third-order valence-corrected chi connectivity index (χ3v) is 3.71. The molecule has 0 unspecified atom stereocenters. The van der Waals surface area contributed by atoms with Crippen LogP contribution in [0.3, 0.4) is 0 Å². The van der Waals surface area contributed by atoms with Crippen molar-refractivity contribution in [1.29, 1.82) is 0 Å². The number of nitrogens with one attached hydrogen (secondary N) is 1. The zero-order valence-corrected chi connectivity index (χ0v) is 10.4. The fourth-order valence-electron chi connectivity index (χ4n) is 2.27. The first-order chi connectivity index (χ1) is 7.40. The van der Waals surface area contributed by atoms with Crippen LogP contribution in [0.1, 0.15) is 33.6 Å². The summed E-state index contributed by atoms with van der Waals surface area (Å²) < 4.78 is 5.02. The van der Waals surface area contributed by atoms with Crippen LogP contribution >= 0.6 is 0 Å². The van der Waals surface area contributed by atoms with E-state index >= 15 is 0 Å². The van der Waals surface area contributed by atoms with Gasteiger partial charge in [-0.05, 0) is 33.6 Å². The van der Waals surface area contributed by atoms with Gasteiger partial charge in [-0.15, -0.1) is 0 Å². The molecule has 0 aromatic carbocycles. The first-order valence-corrected chi connectivity index (χ1v) is 5.58. The van der Waals surface area contributed by atoms with Gasteiger partial charge in [0.2, 0.25) is 0 Å². The summed E-state index contributed by atoms with van der Waals surface area (Å²) in [6.07, 6.45) is 1.26. The minimum atomic E-state index is -1.17. The molecule has 5 nitrogen and oxygen atoms in total. The summed E-state index contributed by atoms with van der Waals surface area (Å²) in [5.74, 6) is -0.347. The molecule has 0 amide bonds. The number of esters is 1. The Bertz CT molecular complexity index is 267. The van der Waals surface area contributed by atoms with Crippen LogP contribution in [0.4, 0.5) is 0 Å². The normalized spacial score (nSPS) is 38.7. The van der Waals surface area contributed by atoms with E-state index in [0.717, 1.165) is 0 Å².